The molecular formula is C14H16FN5O. The summed E-state index contributed by atoms with van der Waals surface area (Å²) in [5, 5.41) is 6.54. The fourth-order valence-corrected chi connectivity index (χ4v) is 2.44. The molecule has 1 aromatic carbocycles. The third kappa shape index (κ3) is 2.72. The molecule has 0 spiro atoms. The molecule has 0 atom stereocenters. The minimum Gasteiger partial charge on any atom is -0.366 e. The van der Waals surface area contributed by atoms with Crippen LogP contribution in [-0.2, 0) is 0 Å². The molecule has 1 saturated heterocycles. The second-order valence-electron chi connectivity index (χ2n) is 4.98. The van der Waals surface area contributed by atoms with Crippen LogP contribution in [-0.4, -0.2) is 52.2 Å². The predicted octanol–water partition coefficient (Wildman–Crippen LogP) is 1.21. The first kappa shape index (κ1) is 13.5. The van der Waals surface area contributed by atoms with E-state index in [4.69, 9.17) is 0 Å². The van der Waals surface area contributed by atoms with Crippen LogP contribution in [0.25, 0.3) is 0 Å². The zero-order chi connectivity index (χ0) is 14.8. The summed E-state index contributed by atoms with van der Waals surface area (Å²) >= 11 is 0. The summed E-state index contributed by atoms with van der Waals surface area (Å²) in [4.78, 5) is 19.9. The minimum absolute atomic E-state index is 0.187. The first-order valence-corrected chi connectivity index (χ1v) is 6.83. The Morgan fingerprint density at radius 1 is 1.24 bits per heavy atom. The van der Waals surface area contributed by atoms with Crippen LogP contribution in [0.5, 0.6) is 0 Å². The Morgan fingerprint density at radius 3 is 2.57 bits per heavy atom. The van der Waals surface area contributed by atoms with E-state index in [-0.39, 0.29) is 17.5 Å². The number of anilines is 1. The summed E-state index contributed by atoms with van der Waals surface area (Å²) in [5.74, 6) is 0.379. The van der Waals surface area contributed by atoms with E-state index < -0.39 is 0 Å². The van der Waals surface area contributed by atoms with Crippen LogP contribution >= 0.6 is 0 Å². The number of amides is 1. The predicted molar refractivity (Wildman–Crippen MR) is 75.6 cm³/mol. The number of nitrogens with zero attached hydrogens (tertiary/aromatic N) is 4. The molecule has 0 unspecified atom stereocenters. The molecule has 1 fully saturated rings. The van der Waals surface area contributed by atoms with Crippen molar-refractivity contribution >= 4 is 11.6 Å². The van der Waals surface area contributed by atoms with Crippen molar-refractivity contribution in [1.29, 1.82) is 0 Å². The van der Waals surface area contributed by atoms with Gasteiger partial charge in [-0.05, 0) is 19.1 Å². The van der Waals surface area contributed by atoms with Crippen LogP contribution < -0.4 is 4.90 Å². The summed E-state index contributed by atoms with van der Waals surface area (Å²) in [7, 11) is 0. The van der Waals surface area contributed by atoms with Crippen molar-refractivity contribution in [2.24, 2.45) is 0 Å². The maximum Gasteiger partial charge on any atom is 0.293 e. The quantitative estimate of drug-likeness (QED) is 0.902. The Labute approximate surface area is 121 Å². The molecule has 21 heavy (non-hydrogen) atoms. The molecule has 1 aliphatic rings. The lowest BCUT2D eigenvalue weighted by molar-refractivity contribution is 0.0734. The molecule has 2 heterocycles. The first-order valence-electron chi connectivity index (χ1n) is 6.83. The highest BCUT2D eigenvalue weighted by atomic mass is 19.1. The number of carbonyl (C=O) groups excluding carboxylic acids is 1. The van der Waals surface area contributed by atoms with Crippen molar-refractivity contribution in [3.05, 3.63) is 41.7 Å². The SMILES string of the molecule is Cc1nc(C(=O)N2CCN(c3ccccc3F)CC2)n[nH]1. The molecule has 110 valence electrons. The first-order chi connectivity index (χ1) is 10.1. The number of aromatic amines is 1. The van der Waals surface area contributed by atoms with E-state index in [0.717, 1.165) is 0 Å². The zero-order valence-electron chi connectivity index (χ0n) is 11.7. The molecule has 6 nitrogen and oxygen atoms in total. The van der Waals surface area contributed by atoms with Gasteiger partial charge in [-0.25, -0.2) is 9.37 Å². The molecular weight excluding hydrogens is 273 g/mol. The van der Waals surface area contributed by atoms with Gasteiger partial charge in [0.15, 0.2) is 0 Å². The summed E-state index contributed by atoms with van der Waals surface area (Å²) in [6.45, 7) is 3.99. The molecule has 0 radical (unpaired) electrons. The lowest BCUT2D eigenvalue weighted by Gasteiger charge is -2.35. The van der Waals surface area contributed by atoms with E-state index in [1.54, 1.807) is 24.0 Å². The molecule has 1 aromatic heterocycles. The van der Waals surface area contributed by atoms with Crippen molar-refractivity contribution in [2.75, 3.05) is 31.1 Å². The number of benzene rings is 1. The Kier molecular flexibility index (Phi) is 3.55. The fourth-order valence-electron chi connectivity index (χ4n) is 2.44. The van der Waals surface area contributed by atoms with Crippen LogP contribution in [0.1, 0.15) is 16.4 Å². The molecule has 7 heteroatoms. The number of hydrogen-bond acceptors (Lipinski definition) is 4. The van der Waals surface area contributed by atoms with E-state index in [1.807, 2.05) is 11.0 Å². The molecule has 1 amide bonds. The third-order valence-electron chi connectivity index (χ3n) is 3.55. The van der Waals surface area contributed by atoms with Crippen LogP contribution in [0.2, 0.25) is 0 Å². The van der Waals surface area contributed by atoms with Gasteiger partial charge in [-0.2, -0.15) is 0 Å². The lowest BCUT2D eigenvalue weighted by atomic mass is 10.2. The number of para-hydroxylation sites is 1. The van der Waals surface area contributed by atoms with E-state index in [1.165, 1.54) is 6.07 Å². The van der Waals surface area contributed by atoms with Gasteiger partial charge >= 0.3 is 0 Å². The summed E-state index contributed by atoms with van der Waals surface area (Å²) in [5.41, 5.74) is 0.582. The van der Waals surface area contributed by atoms with Gasteiger partial charge in [0.2, 0.25) is 5.82 Å². The van der Waals surface area contributed by atoms with Gasteiger partial charge in [0.25, 0.3) is 5.91 Å². The normalized spacial score (nSPS) is 15.3. The van der Waals surface area contributed by atoms with Crippen LogP contribution in [0, 0.1) is 12.7 Å². The number of H-pyrrole nitrogens is 1. The standard InChI is InChI=1S/C14H16FN5O/c1-10-16-13(18-17-10)14(21)20-8-6-19(7-9-20)12-5-3-2-4-11(12)15/h2-5H,6-9H2,1H3,(H,16,17,18). The van der Waals surface area contributed by atoms with Gasteiger partial charge in [0.1, 0.15) is 11.6 Å². The minimum atomic E-state index is -0.234. The number of nitrogens with one attached hydrogen (secondary N) is 1. The van der Waals surface area contributed by atoms with E-state index in [9.17, 15) is 9.18 Å². The van der Waals surface area contributed by atoms with Crippen molar-refractivity contribution < 1.29 is 9.18 Å². The second-order valence-corrected chi connectivity index (χ2v) is 4.98. The topological polar surface area (TPSA) is 65.1 Å². The molecule has 1 aliphatic heterocycles. The van der Waals surface area contributed by atoms with Gasteiger partial charge < -0.3 is 9.80 Å². The average Bonchev–Trinajstić information content (AvgIpc) is 2.94. The number of aryl methyl sites for hydroxylation is 1. The Balaban J connectivity index is 1.65. The monoisotopic (exact) mass is 289 g/mol. The largest absolute Gasteiger partial charge is 0.366 e. The van der Waals surface area contributed by atoms with Gasteiger partial charge in [-0.1, -0.05) is 12.1 Å². The highest BCUT2D eigenvalue weighted by Gasteiger charge is 2.25. The molecule has 2 aromatic rings. The lowest BCUT2D eigenvalue weighted by Crippen LogP contribution is -2.49. The van der Waals surface area contributed by atoms with Gasteiger partial charge in [-0.15, -0.1) is 5.10 Å². The van der Waals surface area contributed by atoms with Gasteiger partial charge in [0.05, 0.1) is 5.69 Å². The molecule has 0 aliphatic carbocycles. The number of aromatic nitrogens is 3. The zero-order valence-corrected chi connectivity index (χ0v) is 11.7. The highest BCUT2D eigenvalue weighted by Crippen LogP contribution is 2.20. The summed E-state index contributed by atoms with van der Waals surface area (Å²) in [6, 6.07) is 6.69. The molecule has 0 bridgehead atoms. The van der Waals surface area contributed by atoms with E-state index >= 15 is 0 Å². The smallest absolute Gasteiger partial charge is 0.293 e. The molecule has 0 saturated carbocycles. The number of rotatable bonds is 2. The molecule has 3 rings (SSSR count). The summed E-state index contributed by atoms with van der Waals surface area (Å²) in [6.07, 6.45) is 0. The number of carbonyl (C=O) groups is 1. The van der Waals surface area contributed by atoms with E-state index in [2.05, 4.69) is 15.2 Å². The fraction of sp³-hybridized carbons (Fsp3) is 0.357. The Morgan fingerprint density at radius 2 is 1.95 bits per heavy atom. The van der Waals surface area contributed by atoms with Crippen LogP contribution in [0.3, 0.4) is 0 Å². The maximum atomic E-state index is 13.8. The maximum absolute atomic E-state index is 13.8. The van der Waals surface area contributed by atoms with Crippen LogP contribution in [0.4, 0.5) is 10.1 Å². The van der Waals surface area contributed by atoms with Crippen molar-refractivity contribution in [3.8, 4) is 0 Å². The third-order valence-corrected chi connectivity index (χ3v) is 3.55. The van der Waals surface area contributed by atoms with Gasteiger partial charge in [-0.3, -0.25) is 9.89 Å². The van der Waals surface area contributed by atoms with Crippen LogP contribution in [0.15, 0.2) is 24.3 Å². The van der Waals surface area contributed by atoms with E-state index in [0.29, 0.717) is 37.7 Å². The summed E-state index contributed by atoms with van der Waals surface area (Å²) < 4.78 is 13.8. The molecule has 1 N–H and O–H groups in total. The Hall–Kier alpha value is -2.44. The van der Waals surface area contributed by atoms with Crippen molar-refractivity contribution in [3.63, 3.8) is 0 Å². The van der Waals surface area contributed by atoms with Crippen molar-refractivity contribution in [1.82, 2.24) is 20.1 Å². The van der Waals surface area contributed by atoms with Crippen molar-refractivity contribution in [2.45, 2.75) is 6.92 Å². The average molecular weight is 289 g/mol. The number of piperazine rings is 1. The highest BCUT2D eigenvalue weighted by molar-refractivity contribution is 5.90. The number of hydrogen-bond donors (Lipinski definition) is 1. The number of halogens is 1. The second kappa shape index (κ2) is 5.51. The Bertz CT molecular complexity index is 648. The van der Waals surface area contributed by atoms with Gasteiger partial charge in [0, 0.05) is 26.2 Å².